The smallest absolute Gasteiger partial charge is 0.308 e. The lowest BCUT2D eigenvalue weighted by Gasteiger charge is -2.06. The SMILES string of the molecule is O=C(CCNC(=O)c1ccc(Cl)cc1)OCC(=O)c1cc2ccccc2o1. The van der Waals surface area contributed by atoms with Crippen LogP contribution in [0.4, 0.5) is 0 Å². The van der Waals surface area contributed by atoms with Gasteiger partial charge in [-0.15, -0.1) is 0 Å². The van der Waals surface area contributed by atoms with Gasteiger partial charge in [-0.25, -0.2) is 0 Å². The van der Waals surface area contributed by atoms with E-state index in [9.17, 15) is 14.4 Å². The van der Waals surface area contributed by atoms with Crippen molar-refractivity contribution in [3.63, 3.8) is 0 Å². The molecule has 0 fully saturated rings. The molecule has 138 valence electrons. The number of halogens is 1. The van der Waals surface area contributed by atoms with Gasteiger partial charge < -0.3 is 14.5 Å². The highest BCUT2D eigenvalue weighted by Crippen LogP contribution is 2.19. The van der Waals surface area contributed by atoms with Gasteiger partial charge in [-0.1, -0.05) is 29.8 Å². The second-order valence-corrected chi connectivity index (χ2v) is 6.18. The van der Waals surface area contributed by atoms with Crippen molar-refractivity contribution < 1.29 is 23.5 Å². The lowest BCUT2D eigenvalue weighted by atomic mass is 10.2. The van der Waals surface area contributed by atoms with Crippen molar-refractivity contribution >= 4 is 40.2 Å². The van der Waals surface area contributed by atoms with E-state index in [2.05, 4.69) is 5.32 Å². The molecule has 3 rings (SSSR count). The standard InChI is InChI=1S/C20H16ClNO5/c21-15-7-5-13(6-8-15)20(25)22-10-9-19(24)26-12-16(23)18-11-14-3-1-2-4-17(14)27-18/h1-8,11H,9-10,12H2,(H,22,25). The van der Waals surface area contributed by atoms with Crippen LogP contribution in [-0.4, -0.2) is 30.8 Å². The molecule has 1 heterocycles. The van der Waals surface area contributed by atoms with E-state index in [1.54, 1.807) is 42.5 Å². The quantitative estimate of drug-likeness (QED) is 0.495. The number of esters is 1. The number of ketones is 1. The normalized spacial score (nSPS) is 10.6. The fourth-order valence-corrected chi connectivity index (χ4v) is 2.52. The number of carbonyl (C=O) groups is 3. The summed E-state index contributed by atoms with van der Waals surface area (Å²) in [5.74, 6) is -1.20. The van der Waals surface area contributed by atoms with Gasteiger partial charge in [0.1, 0.15) is 5.58 Å². The average molecular weight is 386 g/mol. The first kappa shape index (κ1) is 18.7. The lowest BCUT2D eigenvalue weighted by Crippen LogP contribution is -2.27. The van der Waals surface area contributed by atoms with Crippen LogP contribution in [0.1, 0.15) is 27.3 Å². The summed E-state index contributed by atoms with van der Waals surface area (Å²) in [5.41, 5.74) is 1.03. The molecule has 3 aromatic rings. The van der Waals surface area contributed by atoms with Crippen LogP contribution in [0.2, 0.25) is 5.02 Å². The van der Waals surface area contributed by atoms with E-state index in [4.69, 9.17) is 20.8 Å². The fourth-order valence-electron chi connectivity index (χ4n) is 2.39. The van der Waals surface area contributed by atoms with E-state index >= 15 is 0 Å². The third-order valence-corrected chi connectivity index (χ3v) is 4.04. The molecular weight excluding hydrogens is 370 g/mol. The van der Waals surface area contributed by atoms with Gasteiger partial charge in [-0.05, 0) is 36.4 Å². The summed E-state index contributed by atoms with van der Waals surface area (Å²) >= 11 is 5.76. The molecule has 1 aromatic heterocycles. The van der Waals surface area contributed by atoms with Crippen molar-refractivity contribution in [2.45, 2.75) is 6.42 Å². The van der Waals surface area contributed by atoms with Gasteiger partial charge in [0, 0.05) is 22.5 Å². The van der Waals surface area contributed by atoms with Crippen molar-refractivity contribution in [2.24, 2.45) is 0 Å². The van der Waals surface area contributed by atoms with Crippen LogP contribution in [0.5, 0.6) is 0 Å². The second-order valence-electron chi connectivity index (χ2n) is 5.75. The highest BCUT2D eigenvalue weighted by atomic mass is 35.5. The molecule has 0 aliphatic heterocycles. The molecule has 7 heteroatoms. The molecule has 1 N–H and O–H groups in total. The zero-order valence-corrected chi connectivity index (χ0v) is 15.0. The van der Waals surface area contributed by atoms with E-state index in [1.807, 2.05) is 12.1 Å². The third kappa shape index (κ3) is 4.95. The Balaban J connectivity index is 1.42. The van der Waals surface area contributed by atoms with Gasteiger partial charge in [0.2, 0.25) is 5.78 Å². The summed E-state index contributed by atoms with van der Waals surface area (Å²) in [5, 5.41) is 3.93. The highest BCUT2D eigenvalue weighted by molar-refractivity contribution is 6.30. The Morgan fingerprint density at radius 1 is 1.04 bits per heavy atom. The van der Waals surface area contributed by atoms with Crippen molar-refractivity contribution in [1.29, 1.82) is 0 Å². The second kappa shape index (κ2) is 8.51. The van der Waals surface area contributed by atoms with Gasteiger partial charge in [-0.2, -0.15) is 0 Å². The zero-order valence-electron chi connectivity index (χ0n) is 14.2. The van der Waals surface area contributed by atoms with Gasteiger partial charge >= 0.3 is 5.97 Å². The maximum Gasteiger partial charge on any atom is 0.308 e. The highest BCUT2D eigenvalue weighted by Gasteiger charge is 2.15. The molecule has 1 amide bonds. The van der Waals surface area contributed by atoms with E-state index in [0.717, 1.165) is 5.39 Å². The van der Waals surface area contributed by atoms with Crippen LogP contribution in [0, 0.1) is 0 Å². The van der Waals surface area contributed by atoms with Crippen LogP contribution in [0.15, 0.2) is 59.0 Å². The van der Waals surface area contributed by atoms with Crippen molar-refractivity contribution in [3.8, 4) is 0 Å². The Bertz CT molecular complexity index is 944. The molecule has 0 atom stereocenters. The average Bonchev–Trinajstić information content (AvgIpc) is 3.11. The topological polar surface area (TPSA) is 85.6 Å². The number of para-hydroxylation sites is 1. The van der Waals surface area contributed by atoms with Gasteiger partial charge in [0.25, 0.3) is 5.91 Å². The summed E-state index contributed by atoms with van der Waals surface area (Å²) < 4.78 is 10.4. The molecule has 0 unspecified atom stereocenters. The maximum absolute atomic E-state index is 12.1. The number of amides is 1. The maximum atomic E-state index is 12.1. The number of fused-ring (bicyclic) bond motifs is 1. The number of Topliss-reactive ketones (excluding diaryl/α,β-unsaturated/α-hetero) is 1. The fraction of sp³-hybridized carbons (Fsp3) is 0.150. The summed E-state index contributed by atoms with van der Waals surface area (Å²) in [6.45, 7) is -0.317. The number of hydrogen-bond acceptors (Lipinski definition) is 5. The van der Waals surface area contributed by atoms with Crippen LogP contribution >= 0.6 is 11.6 Å². The zero-order chi connectivity index (χ0) is 19.2. The Hall–Kier alpha value is -3.12. The van der Waals surface area contributed by atoms with E-state index < -0.39 is 18.4 Å². The van der Waals surface area contributed by atoms with Gasteiger partial charge in [-0.3, -0.25) is 14.4 Å². The minimum Gasteiger partial charge on any atom is -0.457 e. The van der Waals surface area contributed by atoms with E-state index in [0.29, 0.717) is 16.2 Å². The largest absolute Gasteiger partial charge is 0.457 e. The van der Waals surface area contributed by atoms with Crippen molar-refractivity contribution in [3.05, 3.63) is 70.9 Å². The summed E-state index contributed by atoms with van der Waals surface area (Å²) in [6, 6.07) is 15.2. The van der Waals surface area contributed by atoms with Crippen LogP contribution in [0.3, 0.4) is 0 Å². The van der Waals surface area contributed by atoms with Crippen LogP contribution in [0.25, 0.3) is 11.0 Å². The first-order valence-corrected chi connectivity index (χ1v) is 8.62. The van der Waals surface area contributed by atoms with Crippen LogP contribution in [-0.2, 0) is 9.53 Å². The molecule has 27 heavy (non-hydrogen) atoms. The Morgan fingerprint density at radius 2 is 1.78 bits per heavy atom. The van der Waals surface area contributed by atoms with Crippen molar-refractivity contribution in [1.82, 2.24) is 5.32 Å². The first-order valence-electron chi connectivity index (χ1n) is 8.24. The Kier molecular flexibility index (Phi) is 5.88. The molecule has 0 spiro atoms. The number of rotatable bonds is 7. The molecule has 0 radical (unpaired) electrons. The molecule has 0 aliphatic rings. The number of benzene rings is 2. The molecule has 0 saturated heterocycles. The number of carbonyl (C=O) groups excluding carboxylic acids is 3. The number of hydrogen-bond donors (Lipinski definition) is 1. The Morgan fingerprint density at radius 3 is 2.52 bits per heavy atom. The number of nitrogens with one attached hydrogen (secondary N) is 1. The summed E-state index contributed by atoms with van der Waals surface area (Å²) in [4.78, 5) is 35.7. The van der Waals surface area contributed by atoms with Crippen LogP contribution < -0.4 is 5.32 Å². The van der Waals surface area contributed by atoms with E-state index in [-0.39, 0.29) is 24.6 Å². The molecule has 2 aromatic carbocycles. The molecule has 6 nitrogen and oxygen atoms in total. The molecule has 0 saturated carbocycles. The minimum absolute atomic E-state index is 0.0489. The third-order valence-electron chi connectivity index (χ3n) is 3.79. The molecule has 0 bridgehead atoms. The minimum atomic E-state index is -0.587. The summed E-state index contributed by atoms with van der Waals surface area (Å²) in [7, 11) is 0. The predicted octanol–water partition coefficient (Wildman–Crippen LogP) is 3.63. The van der Waals surface area contributed by atoms with Gasteiger partial charge in [0.05, 0.1) is 6.42 Å². The van der Waals surface area contributed by atoms with Crippen molar-refractivity contribution in [2.75, 3.05) is 13.2 Å². The predicted molar refractivity (Wildman–Crippen MR) is 99.9 cm³/mol. The monoisotopic (exact) mass is 385 g/mol. The Labute approximate surface area is 160 Å². The number of ether oxygens (including phenoxy) is 1. The van der Waals surface area contributed by atoms with Gasteiger partial charge in [0.15, 0.2) is 12.4 Å². The van der Waals surface area contributed by atoms with E-state index in [1.165, 1.54) is 0 Å². The molecular formula is C20H16ClNO5. The lowest BCUT2D eigenvalue weighted by molar-refractivity contribution is -0.142. The first-order chi connectivity index (χ1) is 13.0. The molecule has 0 aliphatic carbocycles. The number of furan rings is 1. The summed E-state index contributed by atoms with van der Waals surface area (Å²) in [6.07, 6.45) is -0.0489.